The van der Waals surface area contributed by atoms with E-state index in [0.717, 1.165) is 17.2 Å². The van der Waals surface area contributed by atoms with Crippen molar-refractivity contribution in [3.8, 4) is 0 Å². The van der Waals surface area contributed by atoms with Gasteiger partial charge in [-0.1, -0.05) is 41.3 Å². The maximum absolute atomic E-state index is 3.56. The van der Waals surface area contributed by atoms with Gasteiger partial charge < -0.3 is 4.90 Å². The number of anilines is 1. The molecule has 2 fully saturated rings. The fraction of sp³-hybridized carbons (Fsp3) is 0.647. The van der Waals surface area contributed by atoms with Crippen LogP contribution < -0.4 is 4.90 Å². The molecule has 2 unspecified atom stereocenters. The molecule has 3 rings (SSSR count). The van der Waals surface area contributed by atoms with Crippen molar-refractivity contribution in [2.75, 3.05) is 18.0 Å². The van der Waals surface area contributed by atoms with Crippen molar-refractivity contribution in [2.24, 2.45) is 11.8 Å². The van der Waals surface area contributed by atoms with E-state index in [0.29, 0.717) is 0 Å². The summed E-state index contributed by atoms with van der Waals surface area (Å²) < 4.78 is 0. The molecule has 1 nitrogen and oxygen atoms in total. The summed E-state index contributed by atoms with van der Waals surface area (Å²) in [5.74, 6) is 1.98. The van der Waals surface area contributed by atoms with Gasteiger partial charge in [0.15, 0.2) is 0 Å². The maximum atomic E-state index is 3.56. The quantitative estimate of drug-likeness (QED) is 0.700. The lowest BCUT2D eigenvalue weighted by atomic mass is 9.75. The van der Waals surface area contributed by atoms with Gasteiger partial charge in [0.2, 0.25) is 0 Å². The van der Waals surface area contributed by atoms with E-state index in [1.807, 2.05) is 0 Å². The van der Waals surface area contributed by atoms with Gasteiger partial charge in [-0.25, -0.2) is 0 Å². The molecule has 0 N–H and O–H groups in total. The fourth-order valence-electron chi connectivity index (χ4n) is 3.86. The lowest BCUT2D eigenvalue weighted by molar-refractivity contribution is 0.202. The highest BCUT2D eigenvalue weighted by Gasteiger charge is 2.31. The first-order chi connectivity index (χ1) is 9.28. The second-order valence-electron chi connectivity index (χ2n) is 6.28. The van der Waals surface area contributed by atoms with Crippen LogP contribution in [-0.2, 0) is 5.33 Å². The van der Waals surface area contributed by atoms with Crippen molar-refractivity contribution in [3.05, 3.63) is 29.3 Å². The average molecular weight is 322 g/mol. The number of aryl methyl sites for hydroxylation is 1. The SMILES string of the molecule is Cc1cc(N2CCC3CCCCC3C2)ccc1CBr. The molecule has 1 aliphatic carbocycles. The number of alkyl halides is 1. The number of rotatable bonds is 2. The van der Waals surface area contributed by atoms with E-state index in [-0.39, 0.29) is 0 Å². The van der Waals surface area contributed by atoms with Crippen LogP contribution >= 0.6 is 15.9 Å². The monoisotopic (exact) mass is 321 g/mol. The van der Waals surface area contributed by atoms with E-state index in [1.54, 1.807) is 0 Å². The third kappa shape index (κ3) is 2.84. The predicted molar refractivity (Wildman–Crippen MR) is 86.1 cm³/mol. The summed E-state index contributed by atoms with van der Waals surface area (Å²) >= 11 is 3.56. The Labute approximate surface area is 125 Å². The number of hydrogen-bond acceptors (Lipinski definition) is 1. The lowest BCUT2D eigenvalue weighted by Crippen LogP contribution is -2.41. The van der Waals surface area contributed by atoms with Gasteiger partial charge in [-0.3, -0.25) is 0 Å². The molecule has 0 spiro atoms. The molecule has 2 aliphatic rings. The normalized spacial score (nSPS) is 27.2. The van der Waals surface area contributed by atoms with E-state index in [4.69, 9.17) is 0 Å². The third-order valence-electron chi connectivity index (χ3n) is 5.13. The smallest absolute Gasteiger partial charge is 0.0369 e. The molecule has 1 saturated carbocycles. The zero-order chi connectivity index (χ0) is 13.2. The van der Waals surface area contributed by atoms with Gasteiger partial charge in [0.05, 0.1) is 0 Å². The maximum Gasteiger partial charge on any atom is 0.0369 e. The first kappa shape index (κ1) is 13.5. The molecule has 19 heavy (non-hydrogen) atoms. The Morgan fingerprint density at radius 1 is 1.16 bits per heavy atom. The Morgan fingerprint density at radius 2 is 1.95 bits per heavy atom. The van der Waals surface area contributed by atoms with Crippen LogP contribution in [0, 0.1) is 18.8 Å². The minimum absolute atomic E-state index is 0.957. The number of piperidine rings is 1. The number of hydrogen-bond donors (Lipinski definition) is 0. The van der Waals surface area contributed by atoms with Crippen LogP contribution in [0.5, 0.6) is 0 Å². The van der Waals surface area contributed by atoms with Crippen LogP contribution in [0.15, 0.2) is 18.2 Å². The Hall–Kier alpha value is -0.500. The molecule has 0 aromatic heterocycles. The van der Waals surface area contributed by atoms with E-state index in [1.165, 1.54) is 62.0 Å². The van der Waals surface area contributed by atoms with Gasteiger partial charge >= 0.3 is 0 Å². The molecule has 1 aromatic rings. The molecule has 0 amide bonds. The molecule has 1 aliphatic heterocycles. The van der Waals surface area contributed by atoms with E-state index in [2.05, 4.69) is 46.0 Å². The Morgan fingerprint density at radius 3 is 2.68 bits per heavy atom. The molecule has 1 saturated heterocycles. The van der Waals surface area contributed by atoms with Crippen LogP contribution in [0.1, 0.15) is 43.2 Å². The van der Waals surface area contributed by atoms with Crippen LogP contribution in [0.4, 0.5) is 5.69 Å². The number of benzene rings is 1. The van der Waals surface area contributed by atoms with Crippen LogP contribution in [0.25, 0.3) is 0 Å². The predicted octanol–water partition coefficient (Wildman–Crippen LogP) is 4.91. The molecular formula is C17H24BrN. The standard InChI is InChI=1S/C17H24BrN/c1-13-10-17(7-6-15(13)11-18)19-9-8-14-4-2-3-5-16(14)12-19/h6-7,10,14,16H,2-5,8-9,11-12H2,1H3. The van der Waals surface area contributed by atoms with E-state index < -0.39 is 0 Å². The zero-order valence-electron chi connectivity index (χ0n) is 11.9. The van der Waals surface area contributed by atoms with E-state index in [9.17, 15) is 0 Å². The van der Waals surface area contributed by atoms with Gasteiger partial charge in [-0.2, -0.15) is 0 Å². The summed E-state index contributed by atoms with van der Waals surface area (Å²) in [6, 6.07) is 6.97. The van der Waals surface area contributed by atoms with Gasteiger partial charge in [0.1, 0.15) is 0 Å². The first-order valence-corrected chi connectivity index (χ1v) is 8.80. The summed E-state index contributed by atoms with van der Waals surface area (Å²) in [5.41, 5.74) is 4.27. The summed E-state index contributed by atoms with van der Waals surface area (Å²) in [7, 11) is 0. The molecule has 1 aromatic carbocycles. The summed E-state index contributed by atoms with van der Waals surface area (Å²) in [6.45, 7) is 4.78. The number of fused-ring (bicyclic) bond motifs is 1. The molecule has 2 heteroatoms. The third-order valence-corrected chi connectivity index (χ3v) is 5.73. The Kier molecular flexibility index (Phi) is 4.16. The topological polar surface area (TPSA) is 3.24 Å². The van der Waals surface area contributed by atoms with Gasteiger partial charge in [-0.05, 0) is 54.9 Å². The number of halogens is 1. The second-order valence-corrected chi connectivity index (χ2v) is 6.84. The molecule has 1 heterocycles. The minimum atomic E-state index is 0.957. The van der Waals surface area contributed by atoms with Crippen molar-refractivity contribution in [1.82, 2.24) is 0 Å². The highest BCUT2D eigenvalue weighted by molar-refractivity contribution is 9.08. The Bertz CT molecular complexity index is 443. The molecule has 104 valence electrons. The average Bonchev–Trinajstić information content (AvgIpc) is 2.46. The number of nitrogens with zero attached hydrogens (tertiary/aromatic N) is 1. The summed E-state index contributed by atoms with van der Waals surface area (Å²) in [5, 5.41) is 0.962. The summed E-state index contributed by atoms with van der Waals surface area (Å²) in [4.78, 5) is 2.62. The van der Waals surface area contributed by atoms with Crippen molar-refractivity contribution in [3.63, 3.8) is 0 Å². The minimum Gasteiger partial charge on any atom is -0.371 e. The van der Waals surface area contributed by atoms with Gasteiger partial charge in [0, 0.05) is 24.1 Å². The fourth-order valence-corrected chi connectivity index (χ4v) is 4.49. The van der Waals surface area contributed by atoms with Crippen LogP contribution in [0.2, 0.25) is 0 Å². The second kappa shape index (κ2) is 5.87. The van der Waals surface area contributed by atoms with Crippen molar-refractivity contribution < 1.29 is 0 Å². The molecular weight excluding hydrogens is 298 g/mol. The highest BCUT2D eigenvalue weighted by Crippen LogP contribution is 2.37. The van der Waals surface area contributed by atoms with Crippen LogP contribution in [0.3, 0.4) is 0 Å². The van der Waals surface area contributed by atoms with E-state index >= 15 is 0 Å². The van der Waals surface area contributed by atoms with Crippen molar-refractivity contribution >= 4 is 21.6 Å². The molecule has 0 radical (unpaired) electrons. The van der Waals surface area contributed by atoms with Crippen molar-refractivity contribution in [1.29, 1.82) is 0 Å². The highest BCUT2D eigenvalue weighted by atomic mass is 79.9. The largest absolute Gasteiger partial charge is 0.371 e. The summed E-state index contributed by atoms with van der Waals surface area (Å²) in [6.07, 6.45) is 7.28. The molecule has 0 bridgehead atoms. The van der Waals surface area contributed by atoms with Gasteiger partial charge in [-0.15, -0.1) is 0 Å². The van der Waals surface area contributed by atoms with Gasteiger partial charge in [0.25, 0.3) is 0 Å². The zero-order valence-corrected chi connectivity index (χ0v) is 13.5. The van der Waals surface area contributed by atoms with Crippen molar-refractivity contribution in [2.45, 2.75) is 44.4 Å². The van der Waals surface area contributed by atoms with Crippen LogP contribution in [-0.4, -0.2) is 13.1 Å². The Balaban J connectivity index is 1.74. The molecule has 2 atom stereocenters. The first-order valence-electron chi connectivity index (χ1n) is 7.68. The lowest BCUT2D eigenvalue weighted by Gasteiger charge is -2.42.